The molecule has 2 aliphatic rings. The molecule has 2 heterocycles. The number of rotatable bonds is 6. The van der Waals surface area contributed by atoms with Crippen LogP contribution in [0.1, 0.15) is 16.7 Å². The smallest absolute Gasteiger partial charge is 0.252 e. The number of amidine groups is 1. The Labute approximate surface area is 187 Å². The number of ether oxygens (including phenoxy) is 1. The van der Waals surface area contributed by atoms with Gasteiger partial charge in [-0.1, -0.05) is 53.7 Å². The molecule has 2 atom stereocenters. The molecule has 2 saturated heterocycles. The first-order chi connectivity index (χ1) is 14.8. The van der Waals surface area contributed by atoms with Crippen LogP contribution in [-0.2, 0) is 27.5 Å². The van der Waals surface area contributed by atoms with Gasteiger partial charge in [0.25, 0.3) is 5.91 Å². The average molecular weight is 459 g/mol. The van der Waals surface area contributed by atoms with Crippen molar-refractivity contribution in [2.75, 3.05) is 25.2 Å². The Balaban J connectivity index is 1.50. The minimum atomic E-state index is -3.05. The maximum absolute atomic E-state index is 12.7. The van der Waals surface area contributed by atoms with Crippen LogP contribution < -0.4 is 4.74 Å². The van der Waals surface area contributed by atoms with Crippen LogP contribution in [-0.4, -0.2) is 60.8 Å². The van der Waals surface area contributed by atoms with E-state index in [1.807, 2.05) is 60.4 Å². The molecule has 8 heteroatoms. The van der Waals surface area contributed by atoms with E-state index in [1.165, 1.54) is 11.8 Å². The van der Waals surface area contributed by atoms with Crippen LogP contribution in [0.15, 0.2) is 53.5 Å². The number of hydrogen-bond acceptors (Lipinski definition) is 5. The predicted octanol–water partition coefficient (Wildman–Crippen LogP) is 2.89. The van der Waals surface area contributed by atoms with Gasteiger partial charge in [0.1, 0.15) is 5.75 Å². The highest BCUT2D eigenvalue weighted by molar-refractivity contribution is 8.15. The van der Waals surface area contributed by atoms with Crippen molar-refractivity contribution < 1.29 is 17.9 Å². The molecular formula is C23H26N2O4S2. The van der Waals surface area contributed by atoms with Gasteiger partial charge < -0.3 is 9.64 Å². The van der Waals surface area contributed by atoms with E-state index in [4.69, 9.17) is 4.74 Å². The van der Waals surface area contributed by atoms with Gasteiger partial charge in [-0.05, 0) is 36.6 Å². The van der Waals surface area contributed by atoms with Gasteiger partial charge in [-0.15, -0.1) is 0 Å². The Hall–Kier alpha value is -2.32. The second kappa shape index (κ2) is 9.04. The molecule has 31 heavy (non-hydrogen) atoms. The highest BCUT2D eigenvalue weighted by Gasteiger charge is 2.48. The van der Waals surface area contributed by atoms with Crippen LogP contribution in [0, 0.1) is 6.92 Å². The lowest BCUT2D eigenvalue weighted by Crippen LogP contribution is -2.39. The van der Waals surface area contributed by atoms with E-state index in [-0.39, 0.29) is 35.1 Å². The van der Waals surface area contributed by atoms with Gasteiger partial charge >= 0.3 is 0 Å². The third-order valence-corrected chi connectivity index (χ3v) is 8.88. The largest absolute Gasteiger partial charge is 0.497 e. The molecule has 0 unspecified atom stereocenters. The average Bonchev–Trinajstić information content (AvgIpc) is 3.17. The SMILES string of the molecule is COc1ccc(CCN2C(=NC(=O)Cc3cccc(C)c3)S[C@H]3CS(=O)(=O)C[C@@H]32)cc1. The molecule has 0 aliphatic carbocycles. The van der Waals surface area contributed by atoms with Gasteiger partial charge in [0.15, 0.2) is 15.0 Å². The number of carbonyl (C=O) groups is 1. The fourth-order valence-electron chi connectivity index (χ4n) is 4.08. The van der Waals surface area contributed by atoms with E-state index in [2.05, 4.69) is 4.99 Å². The van der Waals surface area contributed by atoms with Gasteiger partial charge in [-0.25, -0.2) is 8.42 Å². The number of thioether (sulfide) groups is 1. The third kappa shape index (κ3) is 5.30. The van der Waals surface area contributed by atoms with Gasteiger partial charge in [-0.3, -0.25) is 4.79 Å². The molecule has 2 aliphatic heterocycles. The molecule has 0 spiro atoms. The lowest BCUT2D eigenvalue weighted by molar-refractivity contribution is -0.117. The number of aliphatic imine (C=N–C) groups is 1. The fourth-order valence-corrected chi connectivity index (χ4v) is 8.08. The second-order valence-corrected chi connectivity index (χ2v) is 11.4. The molecule has 4 rings (SSSR count). The van der Waals surface area contributed by atoms with E-state index < -0.39 is 9.84 Å². The summed E-state index contributed by atoms with van der Waals surface area (Å²) in [5.74, 6) is 0.863. The number of aryl methyl sites for hydroxylation is 1. The number of benzene rings is 2. The van der Waals surface area contributed by atoms with E-state index in [0.717, 1.165) is 28.9 Å². The van der Waals surface area contributed by atoms with Crippen LogP contribution in [0.4, 0.5) is 0 Å². The van der Waals surface area contributed by atoms with Gasteiger partial charge in [0.2, 0.25) is 0 Å². The summed E-state index contributed by atoms with van der Waals surface area (Å²) in [7, 11) is -1.42. The fraction of sp³-hybridized carbons (Fsp3) is 0.391. The molecule has 2 aromatic rings. The Kier molecular flexibility index (Phi) is 6.39. The Morgan fingerprint density at radius 3 is 2.65 bits per heavy atom. The number of sulfone groups is 1. The number of fused-ring (bicyclic) bond motifs is 1. The highest BCUT2D eigenvalue weighted by atomic mass is 32.2. The summed E-state index contributed by atoms with van der Waals surface area (Å²) in [4.78, 5) is 19.1. The third-order valence-electron chi connectivity index (χ3n) is 5.63. The number of carbonyl (C=O) groups excluding carboxylic acids is 1. The molecule has 0 N–H and O–H groups in total. The monoisotopic (exact) mass is 458 g/mol. The van der Waals surface area contributed by atoms with E-state index in [1.54, 1.807) is 7.11 Å². The summed E-state index contributed by atoms with van der Waals surface area (Å²) in [5.41, 5.74) is 3.17. The van der Waals surface area contributed by atoms with Crippen molar-refractivity contribution in [2.45, 2.75) is 31.1 Å². The van der Waals surface area contributed by atoms with Crippen molar-refractivity contribution in [1.82, 2.24) is 4.90 Å². The maximum Gasteiger partial charge on any atom is 0.252 e. The zero-order chi connectivity index (χ0) is 22.0. The molecule has 2 fully saturated rings. The van der Waals surface area contributed by atoms with Crippen molar-refractivity contribution in [1.29, 1.82) is 0 Å². The first-order valence-corrected chi connectivity index (χ1v) is 13.0. The first kappa shape index (κ1) is 21.9. The molecule has 2 aromatic carbocycles. The van der Waals surface area contributed by atoms with E-state index >= 15 is 0 Å². The Morgan fingerprint density at radius 1 is 1.16 bits per heavy atom. The summed E-state index contributed by atoms with van der Waals surface area (Å²) in [5, 5.41) is 0.586. The minimum Gasteiger partial charge on any atom is -0.497 e. The standard InChI is InChI=1S/C23H26N2O4S2/c1-16-4-3-5-18(12-16)13-22(26)24-23-25(20-14-31(27,28)15-21(20)30-23)11-10-17-6-8-19(29-2)9-7-17/h3-9,12,20-21H,10-11,13-15H2,1-2H3/t20-,21-/m0/s1. The molecule has 0 bridgehead atoms. The van der Waals surface area contributed by atoms with Crippen LogP contribution in [0.5, 0.6) is 5.75 Å². The number of hydrogen-bond donors (Lipinski definition) is 0. The zero-order valence-electron chi connectivity index (χ0n) is 17.7. The predicted molar refractivity (Wildman–Crippen MR) is 125 cm³/mol. The summed E-state index contributed by atoms with van der Waals surface area (Å²) in [6.07, 6.45) is 0.977. The van der Waals surface area contributed by atoms with Crippen LogP contribution in [0.25, 0.3) is 0 Å². The zero-order valence-corrected chi connectivity index (χ0v) is 19.3. The summed E-state index contributed by atoms with van der Waals surface area (Å²) in [6, 6.07) is 15.6. The van der Waals surface area contributed by atoms with Crippen LogP contribution in [0.3, 0.4) is 0 Å². The Morgan fingerprint density at radius 2 is 1.94 bits per heavy atom. The first-order valence-electron chi connectivity index (χ1n) is 10.3. The van der Waals surface area contributed by atoms with E-state index in [0.29, 0.717) is 11.7 Å². The maximum atomic E-state index is 12.7. The van der Waals surface area contributed by atoms with Gasteiger partial charge in [0.05, 0.1) is 31.1 Å². The van der Waals surface area contributed by atoms with Crippen molar-refractivity contribution in [3.8, 4) is 5.75 Å². The van der Waals surface area contributed by atoms with Gasteiger partial charge in [0, 0.05) is 11.8 Å². The van der Waals surface area contributed by atoms with Crippen molar-refractivity contribution in [2.24, 2.45) is 4.99 Å². The van der Waals surface area contributed by atoms with Crippen LogP contribution >= 0.6 is 11.8 Å². The normalized spacial score (nSPS) is 23.2. The summed E-state index contributed by atoms with van der Waals surface area (Å²) >= 11 is 1.43. The highest BCUT2D eigenvalue weighted by Crippen LogP contribution is 2.38. The number of amides is 1. The molecule has 1 amide bonds. The topological polar surface area (TPSA) is 76.0 Å². The summed E-state index contributed by atoms with van der Waals surface area (Å²) in [6.45, 7) is 2.61. The minimum absolute atomic E-state index is 0.0635. The van der Waals surface area contributed by atoms with Crippen LogP contribution in [0.2, 0.25) is 0 Å². The van der Waals surface area contributed by atoms with E-state index in [9.17, 15) is 13.2 Å². The Bertz CT molecular complexity index is 1100. The van der Waals surface area contributed by atoms with Crippen molar-refractivity contribution in [3.63, 3.8) is 0 Å². The number of nitrogens with zero attached hydrogens (tertiary/aromatic N) is 2. The molecule has 0 saturated carbocycles. The lowest BCUT2D eigenvalue weighted by Gasteiger charge is -2.24. The number of methoxy groups -OCH3 is 1. The summed E-state index contributed by atoms with van der Waals surface area (Å²) < 4.78 is 29.6. The lowest BCUT2D eigenvalue weighted by atomic mass is 10.1. The molecule has 0 aromatic heterocycles. The molecule has 164 valence electrons. The second-order valence-electron chi connectivity index (χ2n) is 8.05. The van der Waals surface area contributed by atoms with Gasteiger partial charge in [-0.2, -0.15) is 4.99 Å². The quantitative estimate of drug-likeness (QED) is 0.663. The van der Waals surface area contributed by atoms with Crippen molar-refractivity contribution >= 4 is 32.7 Å². The van der Waals surface area contributed by atoms with Crippen molar-refractivity contribution in [3.05, 3.63) is 65.2 Å². The molecular weight excluding hydrogens is 432 g/mol. The molecule has 6 nitrogen and oxygen atoms in total. The molecule has 0 radical (unpaired) electrons.